The Morgan fingerprint density at radius 3 is 2.52 bits per heavy atom. The van der Waals surface area contributed by atoms with Crippen LogP contribution in [0.1, 0.15) is 37.0 Å². The molecule has 0 spiro atoms. The van der Waals surface area contributed by atoms with Crippen molar-refractivity contribution in [2.75, 3.05) is 19.6 Å². The second-order valence-corrected chi connectivity index (χ2v) is 5.61. The zero-order chi connectivity index (χ0) is 15.4. The van der Waals surface area contributed by atoms with E-state index >= 15 is 0 Å². The maximum atomic E-state index is 12.5. The van der Waals surface area contributed by atoms with Gasteiger partial charge in [0.05, 0.1) is 0 Å². The Labute approximate surface area is 125 Å². The lowest BCUT2D eigenvalue weighted by Crippen LogP contribution is -2.50. The molecular weight excluding hydrogens is 268 g/mol. The Morgan fingerprint density at radius 2 is 1.95 bits per heavy atom. The van der Waals surface area contributed by atoms with Crippen molar-refractivity contribution in [3.8, 4) is 11.5 Å². The molecule has 1 aliphatic heterocycles. The Kier molecular flexibility index (Phi) is 5.07. The zero-order valence-corrected chi connectivity index (χ0v) is 12.7. The molecule has 1 heterocycles. The van der Waals surface area contributed by atoms with Gasteiger partial charge in [-0.25, -0.2) is 0 Å². The molecule has 0 saturated carbocycles. The minimum absolute atomic E-state index is 0.0899. The maximum absolute atomic E-state index is 12.5. The van der Waals surface area contributed by atoms with Crippen molar-refractivity contribution in [3.05, 3.63) is 23.8 Å². The molecule has 3 N–H and O–H groups in total. The van der Waals surface area contributed by atoms with Crippen LogP contribution in [0.4, 0.5) is 0 Å². The van der Waals surface area contributed by atoms with Gasteiger partial charge in [-0.1, -0.05) is 20.3 Å². The number of nitrogens with zero attached hydrogens (tertiary/aromatic N) is 1. The molecule has 21 heavy (non-hydrogen) atoms. The average molecular weight is 292 g/mol. The van der Waals surface area contributed by atoms with Crippen molar-refractivity contribution >= 4 is 5.91 Å². The summed E-state index contributed by atoms with van der Waals surface area (Å²) in [7, 11) is 0. The van der Waals surface area contributed by atoms with Crippen LogP contribution in [0.2, 0.25) is 0 Å². The van der Waals surface area contributed by atoms with E-state index in [1.165, 1.54) is 18.2 Å². The van der Waals surface area contributed by atoms with Crippen molar-refractivity contribution in [2.45, 2.75) is 32.7 Å². The van der Waals surface area contributed by atoms with Gasteiger partial charge >= 0.3 is 0 Å². The number of aromatic hydroxyl groups is 2. The van der Waals surface area contributed by atoms with Crippen molar-refractivity contribution in [2.24, 2.45) is 5.92 Å². The first-order valence-corrected chi connectivity index (χ1v) is 7.60. The van der Waals surface area contributed by atoms with E-state index in [-0.39, 0.29) is 17.4 Å². The number of hydrogen-bond acceptors (Lipinski definition) is 4. The third-order valence-corrected chi connectivity index (χ3v) is 4.16. The SMILES string of the molecule is CCNC1CCN(C(=O)c2cc(O)cc(O)c2)CC1CC. The average Bonchev–Trinajstić information content (AvgIpc) is 2.46. The van der Waals surface area contributed by atoms with Crippen LogP contribution < -0.4 is 5.32 Å². The number of nitrogens with one attached hydrogen (secondary N) is 1. The van der Waals surface area contributed by atoms with Gasteiger partial charge < -0.3 is 20.4 Å². The van der Waals surface area contributed by atoms with Crippen LogP contribution in [-0.4, -0.2) is 46.7 Å². The van der Waals surface area contributed by atoms with Gasteiger partial charge in [-0.15, -0.1) is 0 Å². The third kappa shape index (κ3) is 3.67. The van der Waals surface area contributed by atoms with Crippen molar-refractivity contribution < 1.29 is 15.0 Å². The normalized spacial score (nSPS) is 22.3. The van der Waals surface area contributed by atoms with E-state index in [9.17, 15) is 15.0 Å². The van der Waals surface area contributed by atoms with Crippen LogP contribution in [0, 0.1) is 5.92 Å². The Hall–Kier alpha value is -1.75. The molecule has 1 aliphatic rings. The predicted octanol–water partition coefficient (Wildman–Crippen LogP) is 1.95. The fourth-order valence-electron chi connectivity index (χ4n) is 3.06. The summed E-state index contributed by atoms with van der Waals surface area (Å²) >= 11 is 0. The van der Waals surface area contributed by atoms with E-state index in [0.29, 0.717) is 30.6 Å². The number of phenolic OH excluding ortho intramolecular Hbond substituents is 2. The van der Waals surface area contributed by atoms with Gasteiger partial charge in [-0.2, -0.15) is 0 Å². The number of benzene rings is 1. The van der Waals surface area contributed by atoms with Gasteiger partial charge in [0, 0.05) is 30.8 Å². The highest BCUT2D eigenvalue weighted by atomic mass is 16.3. The van der Waals surface area contributed by atoms with Gasteiger partial charge in [-0.05, 0) is 31.0 Å². The first-order valence-electron chi connectivity index (χ1n) is 7.60. The topological polar surface area (TPSA) is 72.8 Å². The molecule has 1 fully saturated rings. The summed E-state index contributed by atoms with van der Waals surface area (Å²) in [6.45, 7) is 6.59. The number of phenols is 2. The molecule has 1 saturated heterocycles. The minimum Gasteiger partial charge on any atom is -0.508 e. The van der Waals surface area contributed by atoms with Crippen molar-refractivity contribution in [3.63, 3.8) is 0 Å². The number of likely N-dealkylation sites (tertiary alicyclic amines) is 1. The molecule has 0 bridgehead atoms. The molecule has 2 rings (SSSR count). The second kappa shape index (κ2) is 6.80. The lowest BCUT2D eigenvalue weighted by molar-refractivity contribution is 0.0627. The molecule has 0 aliphatic carbocycles. The quantitative estimate of drug-likeness (QED) is 0.793. The van der Waals surface area contributed by atoms with E-state index in [1.54, 1.807) is 0 Å². The highest BCUT2D eigenvalue weighted by molar-refractivity contribution is 5.95. The largest absolute Gasteiger partial charge is 0.508 e. The molecule has 5 nitrogen and oxygen atoms in total. The van der Waals surface area contributed by atoms with Crippen LogP contribution in [0.3, 0.4) is 0 Å². The van der Waals surface area contributed by atoms with E-state index in [2.05, 4.69) is 19.2 Å². The zero-order valence-electron chi connectivity index (χ0n) is 12.7. The van der Waals surface area contributed by atoms with Gasteiger partial charge in [-0.3, -0.25) is 4.79 Å². The van der Waals surface area contributed by atoms with Gasteiger partial charge in [0.2, 0.25) is 0 Å². The second-order valence-electron chi connectivity index (χ2n) is 5.61. The molecule has 5 heteroatoms. The molecule has 2 unspecified atom stereocenters. The highest BCUT2D eigenvalue weighted by Gasteiger charge is 2.30. The summed E-state index contributed by atoms with van der Waals surface area (Å²) in [5.41, 5.74) is 0.337. The minimum atomic E-state index is -0.130. The van der Waals surface area contributed by atoms with Crippen LogP contribution in [0.15, 0.2) is 18.2 Å². The monoisotopic (exact) mass is 292 g/mol. The predicted molar refractivity (Wildman–Crippen MR) is 81.5 cm³/mol. The standard InChI is InChI=1S/C16H24N2O3/c1-3-11-10-18(6-5-15(11)17-4-2)16(21)12-7-13(19)9-14(20)8-12/h7-9,11,15,17,19-20H,3-6,10H2,1-2H3. The summed E-state index contributed by atoms with van der Waals surface area (Å²) in [6.07, 6.45) is 1.95. The van der Waals surface area contributed by atoms with E-state index in [0.717, 1.165) is 19.4 Å². The third-order valence-electron chi connectivity index (χ3n) is 4.16. The lowest BCUT2D eigenvalue weighted by atomic mass is 9.89. The number of amides is 1. The van der Waals surface area contributed by atoms with Crippen molar-refractivity contribution in [1.82, 2.24) is 10.2 Å². The summed E-state index contributed by atoms with van der Waals surface area (Å²) in [4.78, 5) is 14.3. The summed E-state index contributed by atoms with van der Waals surface area (Å²) in [5.74, 6) is 0.129. The van der Waals surface area contributed by atoms with Gasteiger partial charge in [0.1, 0.15) is 11.5 Å². The van der Waals surface area contributed by atoms with E-state index in [4.69, 9.17) is 0 Å². The van der Waals surface area contributed by atoms with Gasteiger partial charge in [0.25, 0.3) is 5.91 Å². The van der Waals surface area contributed by atoms with Crippen LogP contribution >= 0.6 is 0 Å². The fraction of sp³-hybridized carbons (Fsp3) is 0.562. The smallest absolute Gasteiger partial charge is 0.254 e. The van der Waals surface area contributed by atoms with Crippen LogP contribution in [0.5, 0.6) is 11.5 Å². The first-order chi connectivity index (χ1) is 10.0. The van der Waals surface area contributed by atoms with E-state index < -0.39 is 0 Å². The first kappa shape index (κ1) is 15.6. The van der Waals surface area contributed by atoms with Crippen LogP contribution in [0.25, 0.3) is 0 Å². The van der Waals surface area contributed by atoms with Crippen molar-refractivity contribution in [1.29, 1.82) is 0 Å². The summed E-state index contributed by atoms with van der Waals surface area (Å²) in [5, 5.41) is 22.5. The van der Waals surface area contributed by atoms with Crippen LogP contribution in [-0.2, 0) is 0 Å². The number of rotatable bonds is 4. The molecule has 1 aromatic rings. The number of carbonyl (C=O) groups excluding carboxylic acids is 1. The van der Waals surface area contributed by atoms with Gasteiger partial charge in [0.15, 0.2) is 0 Å². The van der Waals surface area contributed by atoms with E-state index in [1.807, 2.05) is 4.90 Å². The molecule has 2 atom stereocenters. The number of piperidine rings is 1. The Balaban J connectivity index is 2.10. The summed E-state index contributed by atoms with van der Waals surface area (Å²) in [6, 6.07) is 4.49. The molecule has 0 radical (unpaired) electrons. The summed E-state index contributed by atoms with van der Waals surface area (Å²) < 4.78 is 0. The molecular formula is C16H24N2O3. The molecule has 0 aromatic heterocycles. The lowest BCUT2D eigenvalue weighted by Gasteiger charge is -2.38. The molecule has 1 aromatic carbocycles. The number of carbonyl (C=O) groups is 1. The molecule has 1 amide bonds. The molecule has 116 valence electrons. The Morgan fingerprint density at radius 1 is 1.29 bits per heavy atom. The number of hydrogen-bond donors (Lipinski definition) is 3. The fourth-order valence-corrected chi connectivity index (χ4v) is 3.06. The Bertz CT molecular complexity index is 484. The highest BCUT2D eigenvalue weighted by Crippen LogP contribution is 2.25. The maximum Gasteiger partial charge on any atom is 0.254 e.